The SMILES string of the molecule is CS(=O)(=O)CCCNCc1ccn[nH]1. The van der Waals surface area contributed by atoms with Crippen LogP contribution in [0.2, 0.25) is 0 Å². The van der Waals surface area contributed by atoms with Gasteiger partial charge in [0.2, 0.25) is 0 Å². The molecule has 0 bridgehead atoms. The van der Waals surface area contributed by atoms with Crippen LogP contribution in [0.3, 0.4) is 0 Å². The summed E-state index contributed by atoms with van der Waals surface area (Å²) in [5.74, 6) is 0.239. The predicted molar refractivity (Wildman–Crippen MR) is 54.6 cm³/mol. The molecular formula is C8H15N3O2S. The van der Waals surface area contributed by atoms with Gasteiger partial charge in [0.25, 0.3) is 0 Å². The molecule has 0 saturated heterocycles. The zero-order chi connectivity index (χ0) is 10.4. The second kappa shape index (κ2) is 5.11. The number of rotatable bonds is 6. The molecule has 0 amide bonds. The molecule has 0 fully saturated rings. The lowest BCUT2D eigenvalue weighted by atomic mass is 10.4. The lowest BCUT2D eigenvalue weighted by Crippen LogP contribution is -2.18. The maximum Gasteiger partial charge on any atom is 0.147 e. The van der Waals surface area contributed by atoms with E-state index in [1.54, 1.807) is 6.20 Å². The minimum Gasteiger partial charge on any atom is -0.311 e. The third-order valence-corrected chi connectivity index (χ3v) is 2.77. The van der Waals surface area contributed by atoms with Crippen LogP contribution in [0.15, 0.2) is 12.3 Å². The van der Waals surface area contributed by atoms with Crippen LogP contribution in [-0.2, 0) is 16.4 Å². The summed E-state index contributed by atoms with van der Waals surface area (Å²) in [7, 11) is -2.82. The van der Waals surface area contributed by atoms with Crippen molar-refractivity contribution in [3.63, 3.8) is 0 Å². The molecule has 1 aromatic heterocycles. The number of nitrogens with zero attached hydrogens (tertiary/aromatic N) is 1. The summed E-state index contributed by atoms with van der Waals surface area (Å²) >= 11 is 0. The topological polar surface area (TPSA) is 74.8 Å². The summed E-state index contributed by atoms with van der Waals surface area (Å²) in [6, 6.07) is 1.88. The van der Waals surface area contributed by atoms with Gasteiger partial charge in [0.15, 0.2) is 0 Å². The third-order valence-electron chi connectivity index (χ3n) is 1.74. The first-order valence-corrected chi connectivity index (χ1v) is 6.51. The van der Waals surface area contributed by atoms with Crippen molar-refractivity contribution in [2.24, 2.45) is 0 Å². The Morgan fingerprint density at radius 2 is 2.36 bits per heavy atom. The first kappa shape index (κ1) is 11.2. The van der Waals surface area contributed by atoms with Gasteiger partial charge in [0.1, 0.15) is 9.84 Å². The highest BCUT2D eigenvalue weighted by atomic mass is 32.2. The van der Waals surface area contributed by atoms with Gasteiger partial charge in [0, 0.05) is 24.7 Å². The first-order valence-electron chi connectivity index (χ1n) is 4.44. The molecule has 0 unspecified atom stereocenters. The van der Waals surface area contributed by atoms with Crippen molar-refractivity contribution in [1.29, 1.82) is 0 Å². The second-order valence-corrected chi connectivity index (χ2v) is 5.50. The Hall–Kier alpha value is -0.880. The maximum atomic E-state index is 10.8. The van der Waals surface area contributed by atoms with Gasteiger partial charge in [-0.2, -0.15) is 5.10 Å². The van der Waals surface area contributed by atoms with E-state index in [0.29, 0.717) is 19.5 Å². The predicted octanol–water partition coefficient (Wildman–Crippen LogP) is -0.0660. The van der Waals surface area contributed by atoms with Gasteiger partial charge in [0.05, 0.1) is 5.75 Å². The van der Waals surface area contributed by atoms with Crippen LogP contribution in [0.4, 0.5) is 0 Å². The highest BCUT2D eigenvalue weighted by Gasteiger charge is 2.00. The quantitative estimate of drug-likeness (QED) is 0.654. The van der Waals surface area contributed by atoms with E-state index in [2.05, 4.69) is 15.5 Å². The number of hydrogen-bond donors (Lipinski definition) is 2. The van der Waals surface area contributed by atoms with Crippen molar-refractivity contribution in [3.8, 4) is 0 Å². The molecule has 0 aliphatic rings. The van der Waals surface area contributed by atoms with Crippen molar-refractivity contribution in [3.05, 3.63) is 18.0 Å². The van der Waals surface area contributed by atoms with E-state index >= 15 is 0 Å². The molecule has 1 aromatic rings. The fourth-order valence-electron chi connectivity index (χ4n) is 1.07. The van der Waals surface area contributed by atoms with Crippen LogP contribution in [-0.4, -0.2) is 37.2 Å². The van der Waals surface area contributed by atoms with Gasteiger partial charge >= 0.3 is 0 Å². The van der Waals surface area contributed by atoms with E-state index in [4.69, 9.17) is 0 Å². The molecule has 80 valence electrons. The maximum absolute atomic E-state index is 10.8. The molecule has 14 heavy (non-hydrogen) atoms. The summed E-state index contributed by atoms with van der Waals surface area (Å²) < 4.78 is 21.6. The fourth-order valence-corrected chi connectivity index (χ4v) is 1.73. The molecule has 0 radical (unpaired) electrons. The molecule has 1 rings (SSSR count). The molecule has 1 heterocycles. The normalized spacial score (nSPS) is 11.8. The van der Waals surface area contributed by atoms with Gasteiger partial charge in [-0.05, 0) is 19.0 Å². The van der Waals surface area contributed by atoms with Gasteiger partial charge < -0.3 is 5.32 Å². The highest BCUT2D eigenvalue weighted by Crippen LogP contribution is 1.91. The van der Waals surface area contributed by atoms with Crippen molar-refractivity contribution in [2.75, 3.05) is 18.6 Å². The smallest absolute Gasteiger partial charge is 0.147 e. The second-order valence-electron chi connectivity index (χ2n) is 3.24. The van der Waals surface area contributed by atoms with Crippen LogP contribution in [0.5, 0.6) is 0 Å². The van der Waals surface area contributed by atoms with Crippen LogP contribution in [0, 0.1) is 0 Å². The van der Waals surface area contributed by atoms with Crippen LogP contribution >= 0.6 is 0 Å². The Labute approximate surface area is 83.8 Å². The Morgan fingerprint density at radius 1 is 1.57 bits per heavy atom. The van der Waals surface area contributed by atoms with E-state index in [1.807, 2.05) is 6.07 Å². The minimum absolute atomic E-state index is 0.239. The van der Waals surface area contributed by atoms with E-state index < -0.39 is 9.84 Å². The van der Waals surface area contributed by atoms with E-state index in [9.17, 15) is 8.42 Å². The summed E-state index contributed by atoms with van der Waals surface area (Å²) in [4.78, 5) is 0. The van der Waals surface area contributed by atoms with Gasteiger partial charge in [-0.3, -0.25) is 5.10 Å². The van der Waals surface area contributed by atoms with Crippen LogP contribution in [0.1, 0.15) is 12.1 Å². The Balaban J connectivity index is 2.06. The minimum atomic E-state index is -2.82. The van der Waals surface area contributed by atoms with Crippen LogP contribution < -0.4 is 5.32 Å². The lowest BCUT2D eigenvalue weighted by Gasteiger charge is -2.01. The zero-order valence-corrected chi connectivity index (χ0v) is 8.97. The van der Waals surface area contributed by atoms with Crippen molar-refractivity contribution >= 4 is 9.84 Å². The average Bonchev–Trinajstić information content (AvgIpc) is 2.54. The molecule has 5 nitrogen and oxygen atoms in total. The fraction of sp³-hybridized carbons (Fsp3) is 0.625. The molecule has 0 aromatic carbocycles. The highest BCUT2D eigenvalue weighted by molar-refractivity contribution is 7.90. The van der Waals surface area contributed by atoms with Crippen molar-refractivity contribution in [2.45, 2.75) is 13.0 Å². The Kier molecular flexibility index (Phi) is 4.09. The number of aromatic nitrogens is 2. The molecule has 0 aliphatic carbocycles. The monoisotopic (exact) mass is 217 g/mol. The largest absolute Gasteiger partial charge is 0.311 e. The van der Waals surface area contributed by atoms with E-state index in [-0.39, 0.29) is 5.75 Å². The van der Waals surface area contributed by atoms with Crippen molar-refractivity contribution in [1.82, 2.24) is 15.5 Å². The molecule has 6 heteroatoms. The molecule has 0 aliphatic heterocycles. The first-order chi connectivity index (χ1) is 6.58. The number of H-pyrrole nitrogens is 1. The van der Waals surface area contributed by atoms with Gasteiger partial charge in [-0.25, -0.2) is 8.42 Å². The van der Waals surface area contributed by atoms with Crippen molar-refractivity contribution < 1.29 is 8.42 Å². The standard InChI is InChI=1S/C8H15N3O2S/c1-14(12,13)6-2-4-9-7-8-3-5-10-11-8/h3,5,9H,2,4,6-7H2,1H3,(H,10,11). The molecular weight excluding hydrogens is 202 g/mol. The number of aromatic amines is 1. The molecule has 0 spiro atoms. The number of nitrogens with one attached hydrogen (secondary N) is 2. The molecule has 0 saturated carbocycles. The summed E-state index contributed by atoms with van der Waals surface area (Å²) in [5.41, 5.74) is 1.00. The third kappa shape index (κ3) is 4.98. The average molecular weight is 217 g/mol. The zero-order valence-electron chi connectivity index (χ0n) is 8.16. The Bertz CT molecular complexity index is 345. The Morgan fingerprint density at radius 3 is 2.93 bits per heavy atom. The molecule has 2 N–H and O–H groups in total. The van der Waals surface area contributed by atoms with Gasteiger partial charge in [-0.15, -0.1) is 0 Å². The van der Waals surface area contributed by atoms with E-state index in [0.717, 1.165) is 5.69 Å². The molecule has 0 atom stereocenters. The van der Waals surface area contributed by atoms with Gasteiger partial charge in [-0.1, -0.05) is 0 Å². The van der Waals surface area contributed by atoms with E-state index in [1.165, 1.54) is 6.26 Å². The summed E-state index contributed by atoms with van der Waals surface area (Å²) in [5, 5.41) is 9.74. The number of sulfone groups is 1. The number of hydrogen-bond acceptors (Lipinski definition) is 4. The van der Waals surface area contributed by atoms with Crippen LogP contribution in [0.25, 0.3) is 0 Å². The summed E-state index contributed by atoms with van der Waals surface area (Å²) in [6.45, 7) is 1.40. The lowest BCUT2D eigenvalue weighted by molar-refractivity contribution is 0.593. The summed E-state index contributed by atoms with van der Waals surface area (Å²) in [6.07, 6.45) is 3.59.